The Hall–Kier alpha value is -1.75. The van der Waals surface area contributed by atoms with Crippen LogP contribution in [0.4, 0.5) is 0 Å². The number of furan rings is 1. The van der Waals surface area contributed by atoms with E-state index in [1.54, 1.807) is 6.26 Å². The Labute approximate surface area is 145 Å². The van der Waals surface area contributed by atoms with Gasteiger partial charge in [0, 0.05) is 24.9 Å². The minimum absolute atomic E-state index is 0.128. The van der Waals surface area contributed by atoms with Crippen molar-refractivity contribution in [3.05, 3.63) is 36.3 Å². The molecule has 1 heterocycles. The van der Waals surface area contributed by atoms with Gasteiger partial charge in [-0.25, -0.2) is 0 Å². The van der Waals surface area contributed by atoms with Gasteiger partial charge in [-0.2, -0.15) is 0 Å². The summed E-state index contributed by atoms with van der Waals surface area (Å²) in [7, 11) is 0. The first-order chi connectivity index (χ1) is 11.5. The molecular formula is C19H31N3O2. The molecule has 1 aromatic heterocycles. The van der Waals surface area contributed by atoms with E-state index in [1.807, 2.05) is 19.1 Å². The molecule has 134 valence electrons. The quantitative estimate of drug-likeness (QED) is 0.408. The monoisotopic (exact) mass is 333 g/mol. The Morgan fingerprint density at radius 3 is 2.96 bits per heavy atom. The van der Waals surface area contributed by atoms with Crippen LogP contribution in [-0.4, -0.2) is 36.8 Å². The van der Waals surface area contributed by atoms with Crippen LogP contribution in [-0.2, 0) is 6.42 Å². The maximum Gasteiger partial charge on any atom is 0.191 e. The smallest absolute Gasteiger partial charge is 0.191 e. The molecule has 1 aliphatic rings. The van der Waals surface area contributed by atoms with E-state index < -0.39 is 0 Å². The Morgan fingerprint density at radius 2 is 2.29 bits per heavy atom. The second kappa shape index (κ2) is 8.92. The van der Waals surface area contributed by atoms with Gasteiger partial charge in [0.15, 0.2) is 5.96 Å². The predicted octanol–water partition coefficient (Wildman–Crippen LogP) is 2.87. The van der Waals surface area contributed by atoms with Crippen LogP contribution in [0.25, 0.3) is 0 Å². The highest BCUT2D eigenvalue weighted by Gasteiger charge is 2.35. The third-order valence-electron chi connectivity index (χ3n) is 4.68. The Balaban J connectivity index is 1.91. The zero-order chi connectivity index (χ0) is 17.4. The minimum Gasteiger partial charge on any atom is -0.469 e. The molecule has 0 radical (unpaired) electrons. The molecule has 5 nitrogen and oxygen atoms in total. The summed E-state index contributed by atoms with van der Waals surface area (Å²) in [6.07, 6.45) is 6.42. The van der Waals surface area contributed by atoms with E-state index >= 15 is 0 Å². The van der Waals surface area contributed by atoms with Crippen LogP contribution in [0.15, 0.2) is 40.0 Å². The highest BCUT2D eigenvalue weighted by Crippen LogP contribution is 2.36. The minimum atomic E-state index is -0.263. The number of nitrogens with one attached hydrogen (secondary N) is 2. The van der Waals surface area contributed by atoms with Gasteiger partial charge in [-0.1, -0.05) is 31.9 Å². The van der Waals surface area contributed by atoms with Crippen LogP contribution in [0.2, 0.25) is 0 Å². The second-order valence-corrected chi connectivity index (χ2v) is 7.15. The lowest BCUT2D eigenvalue weighted by Crippen LogP contribution is -2.42. The normalized spacial score (nSPS) is 24.6. The standard InChI is InChI=1S/C19H31N3O2/c1-15(2)13-21-18(20-11-9-16-7-6-12-24-16)22-14-19(3)10-5-4-8-17(19)23/h6-7,12,17,23H,1,4-5,8-11,13-14H2,2-3H3,(H2,20,21,22). The maximum absolute atomic E-state index is 10.3. The summed E-state index contributed by atoms with van der Waals surface area (Å²) in [6, 6.07) is 3.87. The van der Waals surface area contributed by atoms with Crippen molar-refractivity contribution in [3.8, 4) is 0 Å². The number of hydrogen-bond donors (Lipinski definition) is 3. The van der Waals surface area contributed by atoms with Crippen molar-refractivity contribution in [3.63, 3.8) is 0 Å². The molecule has 5 heteroatoms. The first kappa shape index (κ1) is 18.6. The van der Waals surface area contributed by atoms with E-state index in [1.165, 1.54) is 6.42 Å². The fraction of sp³-hybridized carbons (Fsp3) is 0.632. The van der Waals surface area contributed by atoms with E-state index in [-0.39, 0.29) is 11.5 Å². The number of guanidine groups is 1. The SMILES string of the molecule is C=C(C)CNC(=NCC1(C)CCCCC1O)NCCc1ccco1. The Bertz CT molecular complexity index is 539. The average Bonchev–Trinajstić information content (AvgIpc) is 3.06. The van der Waals surface area contributed by atoms with Crippen molar-refractivity contribution in [1.29, 1.82) is 0 Å². The number of aliphatic hydroxyl groups is 1. The van der Waals surface area contributed by atoms with E-state index in [9.17, 15) is 5.11 Å². The van der Waals surface area contributed by atoms with E-state index in [2.05, 4.69) is 24.1 Å². The molecule has 0 aromatic carbocycles. The fourth-order valence-corrected chi connectivity index (χ4v) is 2.99. The van der Waals surface area contributed by atoms with Crippen molar-refractivity contribution >= 4 is 5.96 Å². The van der Waals surface area contributed by atoms with Crippen molar-refractivity contribution in [2.75, 3.05) is 19.6 Å². The van der Waals surface area contributed by atoms with Gasteiger partial charge in [0.2, 0.25) is 0 Å². The molecule has 0 aliphatic heterocycles. The molecule has 1 fully saturated rings. The second-order valence-electron chi connectivity index (χ2n) is 7.15. The summed E-state index contributed by atoms with van der Waals surface area (Å²) in [4.78, 5) is 4.72. The summed E-state index contributed by atoms with van der Waals surface area (Å²) in [5.74, 6) is 1.72. The molecule has 24 heavy (non-hydrogen) atoms. The van der Waals surface area contributed by atoms with Crippen LogP contribution in [0.1, 0.15) is 45.3 Å². The lowest BCUT2D eigenvalue weighted by molar-refractivity contribution is 0.00716. The Morgan fingerprint density at radius 1 is 1.46 bits per heavy atom. The molecular weight excluding hydrogens is 302 g/mol. The van der Waals surface area contributed by atoms with Crippen molar-refractivity contribution in [2.45, 2.75) is 52.1 Å². The van der Waals surface area contributed by atoms with Gasteiger partial charge >= 0.3 is 0 Å². The zero-order valence-electron chi connectivity index (χ0n) is 15.0. The fourth-order valence-electron chi connectivity index (χ4n) is 2.99. The van der Waals surface area contributed by atoms with Gasteiger partial charge in [0.25, 0.3) is 0 Å². The molecule has 1 aliphatic carbocycles. The summed E-state index contributed by atoms with van der Waals surface area (Å²) >= 11 is 0. The maximum atomic E-state index is 10.3. The number of hydrogen-bond acceptors (Lipinski definition) is 3. The molecule has 1 aromatic rings. The topological polar surface area (TPSA) is 69.8 Å². The van der Waals surface area contributed by atoms with Gasteiger partial charge in [-0.05, 0) is 31.9 Å². The van der Waals surface area contributed by atoms with Crippen LogP contribution in [0.3, 0.4) is 0 Å². The average molecular weight is 333 g/mol. The molecule has 0 bridgehead atoms. The summed E-state index contributed by atoms with van der Waals surface area (Å²) in [5, 5.41) is 17.0. The van der Waals surface area contributed by atoms with Gasteiger partial charge in [0.1, 0.15) is 5.76 Å². The molecule has 2 rings (SSSR count). The lowest BCUT2D eigenvalue weighted by Gasteiger charge is -2.37. The summed E-state index contributed by atoms with van der Waals surface area (Å²) < 4.78 is 5.35. The summed E-state index contributed by atoms with van der Waals surface area (Å²) in [6.45, 7) is 10.1. The van der Waals surface area contributed by atoms with Crippen molar-refractivity contribution < 1.29 is 9.52 Å². The van der Waals surface area contributed by atoms with Gasteiger partial charge < -0.3 is 20.2 Å². The van der Waals surface area contributed by atoms with E-state index in [0.29, 0.717) is 13.1 Å². The molecule has 1 saturated carbocycles. The highest BCUT2D eigenvalue weighted by atomic mass is 16.3. The summed E-state index contributed by atoms with van der Waals surface area (Å²) in [5.41, 5.74) is 0.927. The number of aliphatic imine (C=N–C) groups is 1. The molecule has 2 unspecified atom stereocenters. The van der Waals surface area contributed by atoms with Crippen molar-refractivity contribution in [1.82, 2.24) is 10.6 Å². The Kier molecular flexibility index (Phi) is 6.91. The largest absolute Gasteiger partial charge is 0.469 e. The highest BCUT2D eigenvalue weighted by molar-refractivity contribution is 5.80. The molecule has 0 spiro atoms. The first-order valence-corrected chi connectivity index (χ1v) is 8.86. The van der Waals surface area contributed by atoms with Crippen LogP contribution >= 0.6 is 0 Å². The van der Waals surface area contributed by atoms with Crippen LogP contribution < -0.4 is 10.6 Å². The van der Waals surface area contributed by atoms with Gasteiger partial charge in [-0.15, -0.1) is 0 Å². The molecule has 0 saturated heterocycles. The first-order valence-electron chi connectivity index (χ1n) is 8.86. The van der Waals surface area contributed by atoms with Gasteiger partial charge in [0.05, 0.1) is 18.9 Å². The molecule has 3 N–H and O–H groups in total. The molecule has 0 amide bonds. The predicted molar refractivity (Wildman–Crippen MR) is 98.1 cm³/mol. The lowest BCUT2D eigenvalue weighted by atomic mass is 9.73. The number of aliphatic hydroxyl groups excluding tert-OH is 1. The zero-order valence-corrected chi connectivity index (χ0v) is 15.0. The van der Waals surface area contributed by atoms with E-state index in [0.717, 1.165) is 49.5 Å². The molecule has 2 atom stereocenters. The number of rotatable bonds is 7. The van der Waals surface area contributed by atoms with Crippen molar-refractivity contribution in [2.24, 2.45) is 10.4 Å². The third-order valence-corrected chi connectivity index (χ3v) is 4.68. The van der Waals surface area contributed by atoms with Crippen LogP contribution in [0, 0.1) is 5.41 Å². The third kappa shape index (κ3) is 5.71. The van der Waals surface area contributed by atoms with E-state index in [4.69, 9.17) is 9.41 Å². The number of nitrogens with zero attached hydrogens (tertiary/aromatic N) is 1. The van der Waals surface area contributed by atoms with Crippen LogP contribution in [0.5, 0.6) is 0 Å². The van der Waals surface area contributed by atoms with Gasteiger partial charge in [-0.3, -0.25) is 4.99 Å².